The molecule has 1 N–H and O–H groups in total. The SMILES string of the molecule is CCCNC1CCCc2nc(-c3ccc(F)cc3)ncc21. The van der Waals surface area contributed by atoms with Crippen molar-refractivity contribution in [2.45, 2.75) is 38.6 Å². The number of benzene rings is 1. The maximum atomic E-state index is 13.0. The molecule has 1 atom stereocenters. The number of aromatic nitrogens is 2. The van der Waals surface area contributed by atoms with Crippen molar-refractivity contribution in [3.05, 3.63) is 47.5 Å². The van der Waals surface area contributed by atoms with Crippen molar-refractivity contribution in [3.63, 3.8) is 0 Å². The van der Waals surface area contributed by atoms with E-state index < -0.39 is 0 Å². The highest BCUT2D eigenvalue weighted by atomic mass is 19.1. The molecule has 1 aromatic carbocycles. The second kappa shape index (κ2) is 6.31. The molecule has 0 saturated heterocycles. The van der Waals surface area contributed by atoms with Crippen LogP contribution in [0.1, 0.15) is 43.5 Å². The second-order valence-electron chi connectivity index (χ2n) is 5.50. The van der Waals surface area contributed by atoms with E-state index in [-0.39, 0.29) is 5.82 Å². The Morgan fingerprint density at radius 2 is 2.10 bits per heavy atom. The lowest BCUT2D eigenvalue weighted by atomic mass is 9.92. The second-order valence-corrected chi connectivity index (χ2v) is 5.50. The van der Waals surface area contributed by atoms with E-state index in [0.29, 0.717) is 11.9 Å². The molecule has 0 aliphatic heterocycles. The summed E-state index contributed by atoms with van der Waals surface area (Å²) >= 11 is 0. The Balaban J connectivity index is 1.88. The molecule has 2 aromatic rings. The van der Waals surface area contributed by atoms with Crippen LogP contribution in [0.5, 0.6) is 0 Å². The molecule has 110 valence electrons. The zero-order valence-corrected chi connectivity index (χ0v) is 12.3. The minimum absolute atomic E-state index is 0.236. The lowest BCUT2D eigenvalue weighted by molar-refractivity contribution is 0.454. The molecular weight excluding hydrogens is 265 g/mol. The molecule has 4 heteroatoms. The molecule has 0 saturated carbocycles. The number of halogens is 1. The van der Waals surface area contributed by atoms with Gasteiger partial charge in [-0.1, -0.05) is 6.92 Å². The van der Waals surface area contributed by atoms with Crippen molar-refractivity contribution in [2.24, 2.45) is 0 Å². The largest absolute Gasteiger partial charge is 0.310 e. The summed E-state index contributed by atoms with van der Waals surface area (Å²) in [7, 11) is 0. The average molecular weight is 285 g/mol. The number of nitrogens with zero attached hydrogens (tertiary/aromatic N) is 2. The Hall–Kier alpha value is -1.81. The van der Waals surface area contributed by atoms with E-state index in [4.69, 9.17) is 4.98 Å². The van der Waals surface area contributed by atoms with Crippen LogP contribution in [0.15, 0.2) is 30.5 Å². The van der Waals surface area contributed by atoms with Gasteiger partial charge in [-0.15, -0.1) is 0 Å². The first-order valence-corrected chi connectivity index (χ1v) is 7.63. The number of hydrogen-bond acceptors (Lipinski definition) is 3. The van der Waals surface area contributed by atoms with Gasteiger partial charge in [0.05, 0.1) is 0 Å². The molecule has 0 amide bonds. The molecule has 3 nitrogen and oxygen atoms in total. The van der Waals surface area contributed by atoms with Crippen LogP contribution in [0.4, 0.5) is 4.39 Å². The summed E-state index contributed by atoms with van der Waals surface area (Å²) in [5.41, 5.74) is 3.22. The first-order valence-electron chi connectivity index (χ1n) is 7.63. The van der Waals surface area contributed by atoms with Crippen LogP contribution < -0.4 is 5.32 Å². The molecule has 21 heavy (non-hydrogen) atoms. The maximum Gasteiger partial charge on any atom is 0.159 e. The summed E-state index contributed by atoms with van der Waals surface area (Å²) in [5, 5.41) is 3.56. The van der Waals surface area contributed by atoms with Crippen LogP contribution in [-0.2, 0) is 6.42 Å². The van der Waals surface area contributed by atoms with Crippen molar-refractivity contribution in [1.29, 1.82) is 0 Å². The molecule has 1 aliphatic rings. The fraction of sp³-hybridized carbons (Fsp3) is 0.412. The van der Waals surface area contributed by atoms with E-state index in [0.717, 1.165) is 43.5 Å². The molecule has 1 unspecified atom stereocenters. The molecule has 3 rings (SSSR count). The fourth-order valence-corrected chi connectivity index (χ4v) is 2.82. The molecule has 0 radical (unpaired) electrons. The van der Waals surface area contributed by atoms with Crippen LogP contribution >= 0.6 is 0 Å². The first-order chi connectivity index (χ1) is 10.3. The molecule has 1 aromatic heterocycles. The highest BCUT2D eigenvalue weighted by molar-refractivity contribution is 5.55. The maximum absolute atomic E-state index is 13.0. The van der Waals surface area contributed by atoms with Gasteiger partial charge < -0.3 is 5.32 Å². The number of fused-ring (bicyclic) bond motifs is 1. The highest BCUT2D eigenvalue weighted by Gasteiger charge is 2.21. The smallest absolute Gasteiger partial charge is 0.159 e. The monoisotopic (exact) mass is 285 g/mol. The Morgan fingerprint density at radius 1 is 1.29 bits per heavy atom. The summed E-state index contributed by atoms with van der Waals surface area (Å²) in [5.74, 6) is 0.449. The van der Waals surface area contributed by atoms with Gasteiger partial charge in [-0.25, -0.2) is 14.4 Å². The third-order valence-corrected chi connectivity index (χ3v) is 3.92. The van der Waals surface area contributed by atoms with Crippen molar-refractivity contribution < 1.29 is 4.39 Å². The van der Waals surface area contributed by atoms with Gasteiger partial charge in [-0.3, -0.25) is 0 Å². The molecule has 1 aliphatic carbocycles. The molecule has 0 fully saturated rings. The molecular formula is C17H20FN3. The summed E-state index contributed by atoms with van der Waals surface area (Å²) < 4.78 is 13.0. The quantitative estimate of drug-likeness (QED) is 0.931. The van der Waals surface area contributed by atoms with E-state index in [1.165, 1.54) is 17.7 Å². The third kappa shape index (κ3) is 3.10. The summed E-state index contributed by atoms with van der Waals surface area (Å²) in [6.07, 6.45) is 6.35. The minimum Gasteiger partial charge on any atom is -0.310 e. The lowest BCUT2D eigenvalue weighted by Gasteiger charge is -2.25. The van der Waals surface area contributed by atoms with E-state index in [2.05, 4.69) is 17.2 Å². The average Bonchev–Trinajstić information content (AvgIpc) is 2.53. The number of rotatable bonds is 4. The lowest BCUT2D eigenvalue weighted by Crippen LogP contribution is -2.26. The normalized spacial score (nSPS) is 17.5. The van der Waals surface area contributed by atoms with Gasteiger partial charge in [0.15, 0.2) is 5.82 Å². The van der Waals surface area contributed by atoms with Gasteiger partial charge in [-0.05, 0) is 56.5 Å². The van der Waals surface area contributed by atoms with Crippen LogP contribution in [-0.4, -0.2) is 16.5 Å². The van der Waals surface area contributed by atoms with Gasteiger partial charge >= 0.3 is 0 Å². The molecule has 1 heterocycles. The molecule has 0 bridgehead atoms. The number of aryl methyl sites for hydroxylation is 1. The third-order valence-electron chi connectivity index (χ3n) is 3.92. The Morgan fingerprint density at radius 3 is 2.86 bits per heavy atom. The number of hydrogen-bond donors (Lipinski definition) is 1. The standard InChI is InChI=1S/C17H20FN3/c1-2-10-19-15-4-3-5-16-14(15)11-20-17(21-16)12-6-8-13(18)9-7-12/h6-9,11,15,19H,2-5,10H2,1H3. The summed E-state index contributed by atoms with van der Waals surface area (Å²) in [4.78, 5) is 9.17. The Labute approximate surface area is 124 Å². The van der Waals surface area contributed by atoms with E-state index in [1.54, 1.807) is 12.1 Å². The van der Waals surface area contributed by atoms with Crippen LogP contribution in [0.25, 0.3) is 11.4 Å². The van der Waals surface area contributed by atoms with Crippen molar-refractivity contribution in [1.82, 2.24) is 15.3 Å². The summed E-state index contributed by atoms with van der Waals surface area (Å²) in [6.45, 7) is 3.19. The predicted molar refractivity (Wildman–Crippen MR) is 81.4 cm³/mol. The van der Waals surface area contributed by atoms with Crippen LogP contribution in [0.2, 0.25) is 0 Å². The van der Waals surface area contributed by atoms with E-state index in [9.17, 15) is 4.39 Å². The minimum atomic E-state index is -0.236. The Bertz CT molecular complexity index is 610. The van der Waals surface area contributed by atoms with Crippen LogP contribution in [0, 0.1) is 5.82 Å². The van der Waals surface area contributed by atoms with Gasteiger partial charge in [0.2, 0.25) is 0 Å². The van der Waals surface area contributed by atoms with Gasteiger partial charge in [0.1, 0.15) is 5.82 Å². The number of nitrogens with one attached hydrogen (secondary N) is 1. The zero-order valence-electron chi connectivity index (χ0n) is 12.3. The fourth-order valence-electron chi connectivity index (χ4n) is 2.82. The van der Waals surface area contributed by atoms with Crippen LogP contribution in [0.3, 0.4) is 0 Å². The van der Waals surface area contributed by atoms with E-state index >= 15 is 0 Å². The van der Waals surface area contributed by atoms with Crippen molar-refractivity contribution >= 4 is 0 Å². The Kier molecular flexibility index (Phi) is 4.25. The van der Waals surface area contributed by atoms with Crippen molar-refractivity contribution in [2.75, 3.05) is 6.54 Å². The zero-order chi connectivity index (χ0) is 14.7. The first kappa shape index (κ1) is 14.1. The summed E-state index contributed by atoms with van der Waals surface area (Å²) in [6, 6.07) is 6.73. The van der Waals surface area contributed by atoms with Gasteiger partial charge in [0.25, 0.3) is 0 Å². The molecule has 0 spiro atoms. The van der Waals surface area contributed by atoms with Crippen molar-refractivity contribution in [3.8, 4) is 11.4 Å². The highest BCUT2D eigenvalue weighted by Crippen LogP contribution is 2.29. The predicted octanol–water partition coefficient (Wildman–Crippen LogP) is 3.66. The van der Waals surface area contributed by atoms with Gasteiger partial charge in [-0.2, -0.15) is 0 Å². The van der Waals surface area contributed by atoms with E-state index in [1.807, 2.05) is 6.20 Å². The topological polar surface area (TPSA) is 37.8 Å². The van der Waals surface area contributed by atoms with Gasteiger partial charge in [0, 0.05) is 29.1 Å².